The van der Waals surface area contributed by atoms with E-state index < -0.39 is 0 Å². The molecule has 3 rings (SSSR count). The molecule has 1 atom stereocenters. The normalized spacial score (nSPS) is 17.2. The van der Waals surface area contributed by atoms with E-state index in [0.29, 0.717) is 19.0 Å². The van der Waals surface area contributed by atoms with Crippen LogP contribution in [0.4, 0.5) is 16.2 Å². The summed E-state index contributed by atoms with van der Waals surface area (Å²) in [7, 11) is 2.04. The molecule has 1 saturated heterocycles. The van der Waals surface area contributed by atoms with Gasteiger partial charge in [-0.25, -0.2) is 4.79 Å². The molecule has 1 aliphatic rings. The quantitative estimate of drug-likeness (QED) is 0.823. The molecule has 24 heavy (non-hydrogen) atoms. The summed E-state index contributed by atoms with van der Waals surface area (Å²) in [5.74, 6) is 0.497. The lowest BCUT2D eigenvalue weighted by Gasteiger charge is -2.23. The monoisotopic (exact) mass is 324 g/mol. The van der Waals surface area contributed by atoms with Crippen molar-refractivity contribution in [1.29, 1.82) is 0 Å². The lowest BCUT2D eigenvalue weighted by Crippen LogP contribution is -2.32. The molecule has 1 fully saturated rings. The fourth-order valence-corrected chi connectivity index (χ4v) is 2.97. The molecule has 2 aromatic carbocycles. The molecule has 0 saturated carbocycles. The molecule has 126 valence electrons. The minimum absolute atomic E-state index is 0.134. The molecule has 4 heteroatoms. The molecule has 1 amide bonds. The summed E-state index contributed by atoms with van der Waals surface area (Å²) in [5.41, 5.74) is 3.35. The van der Waals surface area contributed by atoms with Crippen LogP contribution >= 0.6 is 0 Å². The van der Waals surface area contributed by atoms with Gasteiger partial charge < -0.3 is 9.64 Å². The zero-order chi connectivity index (χ0) is 17.1. The number of rotatable bonds is 5. The number of anilines is 2. The Morgan fingerprint density at radius 1 is 1.17 bits per heavy atom. The highest BCUT2D eigenvalue weighted by atomic mass is 16.6. The Hall–Kier alpha value is -2.49. The number of likely N-dealkylation sites (N-methyl/N-ethyl adjacent to an activating group) is 1. The van der Waals surface area contributed by atoms with Crippen LogP contribution in [0.1, 0.15) is 25.3 Å². The Kier molecular flexibility index (Phi) is 4.74. The second kappa shape index (κ2) is 6.95. The minimum Gasteiger partial charge on any atom is -0.442 e. The van der Waals surface area contributed by atoms with E-state index >= 15 is 0 Å². The van der Waals surface area contributed by atoms with Gasteiger partial charge in [0.1, 0.15) is 6.10 Å². The van der Waals surface area contributed by atoms with Crippen molar-refractivity contribution in [2.24, 2.45) is 0 Å². The van der Waals surface area contributed by atoms with Crippen molar-refractivity contribution in [3.05, 3.63) is 60.2 Å². The number of hydrogen-bond acceptors (Lipinski definition) is 3. The van der Waals surface area contributed by atoms with Crippen molar-refractivity contribution in [1.82, 2.24) is 0 Å². The van der Waals surface area contributed by atoms with Crippen molar-refractivity contribution in [2.45, 2.75) is 25.9 Å². The van der Waals surface area contributed by atoms with Crippen molar-refractivity contribution >= 4 is 17.5 Å². The number of benzene rings is 2. The van der Waals surface area contributed by atoms with Gasteiger partial charge in [0, 0.05) is 18.4 Å². The fraction of sp³-hybridized carbons (Fsp3) is 0.350. The summed E-state index contributed by atoms with van der Waals surface area (Å²) < 4.78 is 5.54. The number of carbonyl (C=O) groups excluding carboxylic acids is 1. The zero-order valence-electron chi connectivity index (χ0n) is 14.5. The van der Waals surface area contributed by atoms with E-state index in [1.165, 1.54) is 5.56 Å². The molecular formula is C20H24N2O2. The van der Waals surface area contributed by atoms with Crippen molar-refractivity contribution in [2.75, 3.05) is 29.9 Å². The van der Waals surface area contributed by atoms with Gasteiger partial charge in [0.2, 0.25) is 0 Å². The van der Waals surface area contributed by atoms with Crippen LogP contribution in [-0.4, -0.2) is 32.3 Å². The molecular weight excluding hydrogens is 300 g/mol. The summed E-state index contributed by atoms with van der Waals surface area (Å²) in [6.45, 7) is 5.64. The molecule has 1 unspecified atom stereocenters. The summed E-state index contributed by atoms with van der Waals surface area (Å²) in [4.78, 5) is 16.0. The summed E-state index contributed by atoms with van der Waals surface area (Å²) in [5, 5.41) is 0. The number of hydrogen-bond donors (Lipinski definition) is 0. The van der Waals surface area contributed by atoms with Crippen LogP contribution in [0.5, 0.6) is 0 Å². The largest absolute Gasteiger partial charge is 0.442 e. The van der Waals surface area contributed by atoms with Crippen LogP contribution in [0.2, 0.25) is 0 Å². The van der Waals surface area contributed by atoms with Crippen LogP contribution < -0.4 is 9.80 Å². The summed E-state index contributed by atoms with van der Waals surface area (Å²) in [6.07, 6.45) is -0.402. The predicted molar refractivity (Wildman–Crippen MR) is 97.9 cm³/mol. The fourth-order valence-electron chi connectivity index (χ4n) is 2.97. The van der Waals surface area contributed by atoms with Gasteiger partial charge in [-0.1, -0.05) is 44.2 Å². The van der Waals surface area contributed by atoms with E-state index in [1.807, 2.05) is 37.4 Å². The van der Waals surface area contributed by atoms with Gasteiger partial charge in [0.25, 0.3) is 0 Å². The lowest BCUT2D eigenvalue weighted by molar-refractivity contribution is 0.144. The standard InChI is InChI=1S/C20H24N2O2/c1-15(2)16-8-7-11-18(12-16)21(3)13-19-14-22(20(23)24-19)17-9-5-4-6-10-17/h4-12,15,19H,13-14H2,1-3H3. The maximum absolute atomic E-state index is 12.1. The number of nitrogens with zero attached hydrogens (tertiary/aromatic N) is 2. The van der Waals surface area contributed by atoms with Crippen LogP contribution in [0.3, 0.4) is 0 Å². The Balaban J connectivity index is 1.66. The van der Waals surface area contributed by atoms with Crippen LogP contribution in [0.15, 0.2) is 54.6 Å². The maximum atomic E-state index is 12.1. The van der Waals surface area contributed by atoms with Gasteiger partial charge in [0.15, 0.2) is 0 Å². The van der Waals surface area contributed by atoms with Crippen molar-refractivity contribution in [3.8, 4) is 0 Å². The number of amides is 1. The van der Waals surface area contributed by atoms with Gasteiger partial charge in [-0.2, -0.15) is 0 Å². The van der Waals surface area contributed by atoms with Crippen LogP contribution in [-0.2, 0) is 4.74 Å². The topological polar surface area (TPSA) is 32.8 Å². The lowest BCUT2D eigenvalue weighted by atomic mass is 10.0. The number of para-hydroxylation sites is 1. The summed E-state index contributed by atoms with van der Waals surface area (Å²) >= 11 is 0. The first-order valence-electron chi connectivity index (χ1n) is 8.39. The van der Waals surface area contributed by atoms with Gasteiger partial charge in [-0.3, -0.25) is 4.90 Å². The second-order valence-corrected chi connectivity index (χ2v) is 6.58. The average Bonchev–Trinajstić information content (AvgIpc) is 2.96. The molecule has 0 spiro atoms. The first-order valence-corrected chi connectivity index (χ1v) is 8.39. The Labute approximate surface area is 143 Å². The highest BCUT2D eigenvalue weighted by Crippen LogP contribution is 2.24. The third-order valence-corrected chi connectivity index (χ3v) is 4.40. The third-order valence-electron chi connectivity index (χ3n) is 4.40. The second-order valence-electron chi connectivity index (χ2n) is 6.58. The minimum atomic E-state index is -0.268. The number of carbonyl (C=O) groups is 1. The van der Waals surface area contributed by atoms with Gasteiger partial charge in [0.05, 0.1) is 13.1 Å². The van der Waals surface area contributed by atoms with Crippen molar-refractivity contribution < 1.29 is 9.53 Å². The van der Waals surface area contributed by atoms with E-state index in [0.717, 1.165) is 11.4 Å². The van der Waals surface area contributed by atoms with Crippen LogP contribution in [0.25, 0.3) is 0 Å². The third kappa shape index (κ3) is 3.53. The van der Waals surface area contributed by atoms with E-state index in [2.05, 4.69) is 43.0 Å². The highest BCUT2D eigenvalue weighted by molar-refractivity contribution is 5.89. The van der Waals surface area contributed by atoms with Crippen LogP contribution in [0, 0.1) is 0 Å². The zero-order valence-corrected chi connectivity index (χ0v) is 14.5. The van der Waals surface area contributed by atoms with Gasteiger partial charge >= 0.3 is 6.09 Å². The number of cyclic esters (lactones) is 1. The molecule has 1 heterocycles. The first kappa shape index (κ1) is 16.4. The number of ether oxygens (including phenoxy) is 1. The first-order chi connectivity index (χ1) is 11.5. The Morgan fingerprint density at radius 3 is 2.62 bits per heavy atom. The Bertz CT molecular complexity index is 700. The van der Waals surface area contributed by atoms with E-state index in [4.69, 9.17) is 4.74 Å². The Morgan fingerprint density at radius 2 is 1.92 bits per heavy atom. The van der Waals surface area contributed by atoms with E-state index in [-0.39, 0.29) is 12.2 Å². The predicted octanol–water partition coefficient (Wildman–Crippen LogP) is 4.27. The molecule has 0 aromatic heterocycles. The maximum Gasteiger partial charge on any atom is 0.414 e. The molecule has 0 aliphatic carbocycles. The van der Waals surface area contributed by atoms with E-state index in [1.54, 1.807) is 4.90 Å². The van der Waals surface area contributed by atoms with Crippen molar-refractivity contribution in [3.63, 3.8) is 0 Å². The molecule has 0 bridgehead atoms. The summed E-state index contributed by atoms with van der Waals surface area (Å²) in [6, 6.07) is 18.2. The average molecular weight is 324 g/mol. The molecule has 0 radical (unpaired) electrons. The highest BCUT2D eigenvalue weighted by Gasteiger charge is 2.32. The van der Waals surface area contributed by atoms with E-state index in [9.17, 15) is 4.79 Å². The SMILES string of the molecule is CC(C)c1cccc(N(C)CC2CN(c3ccccc3)C(=O)O2)c1. The molecule has 0 N–H and O–H groups in total. The molecule has 4 nitrogen and oxygen atoms in total. The molecule has 1 aliphatic heterocycles. The molecule has 2 aromatic rings. The van der Waals surface area contributed by atoms with Gasteiger partial charge in [-0.15, -0.1) is 0 Å². The van der Waals surface area contributed by atoms with Gasteiger partial charge in [-0.05, 0) is 35.7 Å². The smallest absolute Gasteiger partial charge is 0.414 e.